The summed E-state index contributed by atoms with van der Waals surface area (Å²) in [5, 5.41) is 7.70. The highest BCUT2D eigenvalue weighted by Crippen LogP contribution is 2.23. The SMILES string of the molecule is Nc1csc(NN=Cc2cccc(OCc3ccc(Cl)cc3Cl)c2)n1. The van der Waals surface area contributed by atoms with E-state index in [-0.39, 0.29) is 0 Å². The van der Waals surface area contributed by atoms with Crippen LogP contribution in [0.15, 0.2) is 52.9 Å². The van der Waals surface area contributed by atoms with Gasteiger partial charge in [-0.2, -0.15) is 5.10 Å². The van der Waals surface area contributed by atoms with Gasteiger partial charge in [-0.25, -0.2) is 4.98 Å². The van der Waals surface area contributed by atoms with Gasteiger partial charge < -0.3 is 10.5 Å². The van der Waals surface area contributed by atoms with Crippen molar-refractivity contribution in [3.63, 3.8) is 0 Å². The molecule has 0 spiro atoms. The second kappa shape index (κ2) is 8.20. The summed E-state index contributed by atoms with van der Waals surface area (Å²) in [6.07, 6.45) is 1.68. The lowest BCUT2D eigenvalue weighted by molar-refractivity contribution is 0.306. The predicted molar refractivity (Wildman–Crippen MR) is 105 cm³/mol. The lowest BCUT2D eigenvalue weighted by Crippen LogP contribution is -1.97. The number of nitrogens with zero attached hydrogens (tertiary/aromatic N) is 2. The van der Waals surface area contributed by atoms with Crippen LogP contribution in [-0.2, 0) is 6.61 Å². The van der Waals surface area contributed by atoms with E-state index >= 15 is 0 Å². The first-order valence-corrected chi connectivity index (χ1v) is 8.90. The highest BCUT2D eigenvalue weighted by atomic mass is 35.5. The molecule has 3 rings (SSSR count). The third kappa shape index (κ3) is 5.09. The molecule has 0 atom stereocenters. The fraction of sp³-hybridized carbons (Fsp3) is 0.0588. The van der Waals surface area contributed by atoms with Crippen LogP contribution in [0.4, 0.5) is 10.9 Å². The van der Waals surface area contributed by atoms with Gasteiger partial charge in [0.2, 0.25) is 5.13 Å². The van der Waals surface area contributed by atoms with Gasteiger partial charge in [0, 0.05) is 21.0 Å². The molecule has 3 aromatic rings. The summed E-state index contributed by atoms with van der Waals surface area (Å²) in [5.41, 5.74) is 10.1. The van der Waals surface area contributed by atoms with Crippen LogP contribution in [0.2, 0.25) is 10.0 Å². The average Bonchev–Trinajstić information content (AvgIpc) is 3.00. The van der Waals surface area contributed by atoms with Gasteiger partial charge in [-0.05, 0) is 29.8 Å². The molecule has 2 aromatic carbocycles. The van der Waals surface area contributed by atoms with Crippen LogP contribution in [0.3, 0.4) is 0 Å². The Kier molecular flexibility index (Phi) is 5.75. The van der Waals surface area contributed by atoms with Gasteiger partial charge in [0.1, 0.15) is 18.2 Å². The molecule has 3 N–H and O–H groups in total. The molecule has 8 heteroatoms. The largest absolute Gasteiger partial charge is 0.489 e. The quantitative estimate of drug-likeness (QED) is 0.454. The molecule has 0 aliphatic heterocycles. The average molecular weight is 393 g/mol. The first-order valence-electron chi connectivity index (χ1n) is 7.27. The predicted octanol–water partition coefficient (Wildman–Crippen LogP) is 5.06. The van der Waals surface area contributed by atoms with E-state index in [4.69, 9.17) is 33.7 Å². The van der Waals surface area contributed by atoms with Crippen LogP contribution in [0, 0.1) is 0 Å². The minimum Gasteiger partial charge on any atom is -0.489 e. The number of hydrogen-bond donors (Lipinski definition) is 2. The van der Waals surface area contributed by atoms with Crippen molar-refractivity contribution in [1.82, 2.24) is 4.98 Å². The number of hydrogen-bond acceptors (Lipinski definition) is 6. The minimum absolute atomic E-state index is 0.354. The fourth-order valence-electron chi connectivity index (χ4n) is 1.98. The zero-order chi connectivity index (χ0) is 17.6. The number of benzene rings is 2. The number of hydrazone groups is 1. The maximum atomic E-state index is 6.15. The summed E-state index contributed by atoms with van der Waals surface area (Å²) >= 11 is 13.4. The van der Waals surface area contributed by atoms with Crippen molar-refractivity contribution < 1.29 is 4.74 Å². The summed E-state index contributed by atoms with van der Waals surface area (Å²) in [7, 11) is 0. The molecule has 128 valence electrons. The second-order valence-corrected chi connectivity index (χ2v) is 6.75. The van der Waals surface area contributed by atoms with Crippen molar-refractivity contribution in [3.8, 4) is 5.75 Å². The van der Waals surface area contributed by atoms with Crippen molar-refractivity contribution in [2.45, 2.75) is 6.61 Å². The Labute approximate surface area is 159 Å². The molecule has 5 nitrogen and oxygen atoms in total. The highest BCUT2D eigenvalue weighted by molar-refractivity contribution is 7.14. The molecule has 0 fully saturated rings. The molecule has 0 amide bonds. The monoisotopic (exact) mass is 392 g/mol. The maximum absolute atomic E-state index is 6.15. The molecule has 1 aromatic heterocycles. The zero-order valence-corrected chi connectivity index (χ0v) is 15.3. The van der Waals surface area contributed by atoms with Gasteiger partial charge in [0.15, 0.2) is 0 Å². The van der Waals surface area contributed by atoms with Gasteiger partial charge in [0.05, 0.1) is 6.21 Å². The van der Waals surface area contributed by atoms with E-state index in [1.54, 1.807) is 23.7 Å². The van der Waals surface area contributed by atoms with Crippen LogP contribution in [0.1, 0.15) is 11.1 Å². The van der Waals surface area contributed by atoms with E-state index in [0.29, 0.717) is 33.4 Å². The number of thiazole rings is 1. The van der Waals surface area contributed by atoms with Gasteiger partial charge in [-0.15, -0.1) is 11.3 Å². The molecule has 25 heavy (non-hydrogen) atoms. The van der Waals surface area contributed by atoms with Crippen molar-refractivity contribution in [3.05, 3.63) is 69.0 Å². The molecule has 0 unspecified atom stereocenters. The zero-order valence-electron chi connectivity index (χ0n) is 12.9. The number of anilines is 2. The van der Waals surface area contributed by atoms with E-state index in [2.05, 4.69) is 15.5 Å². The molecule has 0 saturated heterocycles. The number of nitrogen functional groups attached to an aromatic ring is 1. The molecule has 0 bridgehead atoms. The lowest BCUT2D eigenvalue weighted by Gasteiger charge is -2.08. The summed E-state index contributed by atoms with van der Waals surface area (Å²) in [6, 6.07) is 12.9. The van der Waals surface area contributed by atoms with Crippen LogP contribution in [0.5, 0.6) is 5.75 Å². The minimum atomic E-state index is 0.354. The highest BCUT2D eigenvalue weighted by Gasteiger charge is 2.03. The third-order valence-electron chi connectivity index (χ3n) is 3.16. The van der Waals surface area contributed by atoms with Crippen LogP contribution < -0.4 is 15.9 Å². The molecular weight excluding hydrogens is 379 g/mol. The molecule has 1 heterocycles. The normalized spacial score (nSPS) is 11.0. The third-order valence-corrected chi connectivity index (χ3v) is 4.52. The van der Waals surface area contributed by atoms with E-state index < -0.39 is 0 Å². The Hall–Kier alpha value is -2.28. The first kappa shape index (κ1) is 17.5. The Morgan fingerprint density at radius 1 is 1.24 bits per heavy atom. The number of rotatable bonds is 6. The van der Waals surface area contributed by atoms with Crippen molar-refractivity contribution in [2.24, 2.45) is 5.10 Å². The molecule has 0 aliphatic carbocycles. The molecule has 0 aliphatic rings. The van der Waals surface area contributed by atoms with E-state index in [1.807, 2.05) is 30.3 Å². The molecule has 0 saturated carbocycles. The summed E-state index contributed by atoms with van der Waals surface area (Å²) < 4.78 is 5.78. The van der Waals surface area contributed by atoms with E-state index in [9.17, 15) is 0 Å². The molecule has 0 radical (unpaired) electrons. The Bertz CT molecular complexity index is 898. The standard InChI is InChI=1S/C17H14Cl2N4OS/c18-13-5-4-12(15(19)7-13)9-24-14-3-1-2-11(6-14)8-21-23-17-22-16(20)10-25-17/h1-8,10H,9,20H2,(H,22,23). The Morgan fingerprint density at radius 2 is 2.12 bits per heavy atom. The van der Waals surface area contributed by atoms with Gasteiger partial charge >= 0.3 is 0 Å². The lowest BCUT2D eigenvalue weighted by atomic mass is 10.2. The van der Waals surface area contributed by atoms with Gasteiger partial charge in [0.25, 0.3) is 0 Å². The van der Waals surface area contributed by atoms with Gasteiger partial charge in [-0.3, -0.25) is 5.43 Å². The van der Waals surface area contributed by atoms with Gasteiger partial charge in [-0.1, -0.05) is 41.4 Å². The van der Waals surface area contributed by atoms with Crippen molar-refractivity contribution in [2.75, 3.05) is 11.2 Å². The van der Waals surface area contributed by atoms with E-state index in [1.165, 1.54) is 11.3 Å². The molecular formula is C17H14Cl2N4OS. The van der Waals surface area contributed by atoms with Crippen LogP contribution >= 0.6 is 34.5 Å². The fourth-order valence-corrected chi connectivity index (χ4v) is 3.00. The topological polar surface area (TPSA) is 72.5 Å². The summed E-state index contributed by atoms with van der Waals surface area (Å²) in [6.45, 7) is 0.354. The van der Waals surface area contributed by atoms with Crippen molar-refractivity contribution >= 4 is 51.7 Å². The summed E-state index contributed by atoms with van der Waals surface area (Å²) in [4.78, 5) is 4.06. The number of nitrogens with two attached hydrogens (primary N) is 1. The Morgan fingerprint density at radius 3 is 2.88 bits per heavy atom. The number of halogens is 2. The number of aromatic nitrogens is 1. The van der Waals surface area contributed by atoms with Crippen LogP contribution in [-0.4, -0.2) is 11.2 Å². The Balaban J connectivity index is 1.61. The smallest absolute Gasteiger partial charge is 0.205 e. The second-order valence-electron chi connectivity index (χ2n) is 5.04. The van der Waals surface area contributed by atoms with Crippen molar-refractivity contribution in [1.29, 1.82) is 0 Å². The first-order chi connectivity index (χ1) is 12.1. The van der Waals surface area contributed by atoms with E-state index in [0.717, 1.165) is 11.1 Å². The number of nitrogens with one attached hydrogen (secondary N) is 1. The maximum Gasteiger partial charge on any atom is 0.205 e. The summed E-state index contributed by atoms with van der Waals surface area (Å²) in [5.74, 6) is 1.19. The number of ether oxygens (including phenoxy) is 1. The van der Waals surface area contributed by atoms with Crippen LogP contribution in [0.25, 0.3) is 0 Å².